The molecule has 3 aliphatic rings. The summed E-state index contributed by atoms with van der Waals surface area (Å²) in [5.41, 5.74) is 3.62. The molecule has 0 bridgehead atoms. The fourth-order valence-electron chi connectivity index (χ4n) is 6.83. The van der Waals surface area contributed by atoms with Gasteiger partial charge >= 0.3 is 5.97 Å². The van der Waals surface area contributed by atoms with Gasteiger partial charge in [-0.3, -0.25) is 14.4 Å². The van der Waals surface area contributed by atoms with Crippen LogP contribution in [0, 0.1) is 29.6 Å². The average Bonchev–Trinajstić information content (AvgIpc) is 2.73. The highest BCUT2D eigenvalue weighted by Crippen LogP contribution is 2.62. The van der Waals surface area contributed by atoms with Crippen LogP contribution in [0.5, 0.6) is 0 Å². The van der Waals surface area contributed by atoms with Crippen LogP contribution in [0.25, 0.3) is 0 Å². The van der Waals surface area contributed by atoms with Crippen molar-refractivity contribution in [2.45, 2.75) is 59.3 Å². The molecule has 31 heavy (non-hydrogen) atoms. The van der Waals surface area contributed by atoms with Gasteiger partial charge in [0.2, 0.25) is 0 Å². The molecule has 2 fully saturated rings. The molecule has 0 spiro atoms. The summed E-state index contributed by atoms with van der Waals surface area (Å²) >= 11 is 0. The Balaban J connectivity index is 1.78. The first-order valence-electron chi connectivity index (χ1n) is 11.3. The van der Waals surface area contributed by atoms with Gasteiger partial charge in [0.15, 0.2) is 11.6 Å². The summed E-state index contributed by atoms with van der Waals surface area (Å²) in [7, 11) is 1.48. The van der Waals surface area contributed by atoms with Crippen LogP contribution in [0.1, 0.15) is 77.8 Å². The van der Waals surface area contributed by atoms with Gasteiger partial charge in [0.05, 0.1) is 12.5 Å². The normalized spacial score (nSPS) is 32.5. The molecular weight excluding hydrogens is 388 g/mol. The first-order valence-corrected chi connectivity index (χ1v) is 11.3. The Kier molecular flexibility index (Phi) is 5.31. The van der Waals surface area contributed by atoms with Crippen molar-refractivity contribution in [2.24, 2.45) is 22.7 Å². The predicted octanol–water partition coefficient (Wildman–Crippen LogP) is 5.42. The van der Waals surface area contributed by atoms with E-state index in [9.17, 15) is 14.4 Å². The number of rotatable bonds is 3. The Hall–Kier alpha value is -2.49. The number of carbonyl (C=O) groups excluding carboxylic acids is 3. The van der Waals surface area contributed by atoms with Crippen molar-refractivity contribution in [3.8, 4) is 0 Å². The van der Waals surface area contributed by atoms with Gasteiger partial charge in [-0.2, -0.15) is 0 Å². The molecule has 0 heterocycles. The van der Waals surface area contributed by atoms with Crippen molar-refractivity contribution in [2.75, 3.05) is 7.11 Å². The standard InChI is InChI=1S/C27H32O4/c1-16-7-9-18-21(28)10-11-22(29)24(18)19(16)15-20-17(2)8-12-23-26(20,3)13-6-14-27(23,4)25(30)31-5/h7,9-11,20,23H,2,6,8,12-15H2,1,3-5H3/t20?,23?,26-,27+/m1/s1. The highest BCUT2D eigenvalue weighted by Gasteiger charge is 2.57. The number of aryl methyl sites for hydroxylation is 1. The second-order valence-corrected chi connectivity index (χ2v) is 10.1. The van der Waals surface area contributed by atoms with Gasteiger partial charge in [-0.05, 0) is 86.5 Å². The second-order valence-electron chi connectivity index (χ2n) is 10.1. The molecule has 4 heteroatoms. The zero-order valence-electron chi connectivity index (χ0n) is 19.0. The number of allylic oxidation sites excluding steroid dienone is 3. The van der Waals surface area contributed by atoms with Crippen LogP contribution < -0.4 is 0 Å². The summed E-state index contributed by atoms with van der Waals surface area (Å²) in [4.78, 5) is 38.0. The Morgan fingerprint density at radius 2 is 1.87 bits per heavy atom. The van der Waals surface area contributed by atoms with Crippen molar-refractivity contribution >= 4 is 17.5 Å². The first-order chi connectivity index (χ1) is 14.6. The van der Waals surface area contributed by atoms with Gasteiger partial charge in [-0.1, -0.05) is 37.6 Å². The van der Waals surface area contributed by atoms with Crippen molar-refractivity contribution in [1.82, 2.24) is 0 Å². The second kappa shape index (κ2) is 7.58. The van der Waals surface area contributed by atoms with E-state index in [1.807, 2.05) is 13.0 Å². The molecule has 4 nitrogen and oxygen atoms in total. The van der Waals surface area contributed by atoms with E-state index in [-0.39, 0.29) is 34.8 Å². The van der Waals surface area contributed by atoms with E-state index in [0.717, 1.165) is 43.2 Å². The molecule has 0 N–H and O–H groups in total. The van der Waals surface area contributed by atoms with Crippen molar-refractivity contribution in [3.63, 3.8) is 0 Å². The maximum absolute atomic E-state index is 12.8. The largest absolute Gasteiger partial charge is 0.469 e. The van der Waals surface area contributed by atoms with E-state index in [1.54, 1.807) is 6.07 Å². The minimum Gasteiger partial charge on any atom is -0.469 e. The smallest absolute Gasteiger partial charge is 0.311 e. The molecule has 0 aromatic heterocycles. The lowest BCUT2D eigenvalue weighted by Crippen LogP contribution is -2.54. The molecule has 1 aromatic carbocycles. The maximum atomic E-state index is 12.8. The fourth-order valence-corrected chi connectivity index (χ4v) is 6.83. The van der Waals surface area contributed by atoms with Crippen LogP contribution in [-0.4, -0.2) is 24.6 Å². The van der Waals surface area contributed by atoms with Crippen molar-refractivity contribution in [1.29, 1.82) is 0 Å². The third-order valence-corrected chi connectivity index (χ3v) is 8.52. The number of methoxy groups -OCH3 is 1. The van der Waals surface area contributed by atoms with Crippen LogP contribution in [0.2, 0.25) is 0 Å². The maximum Gasteiger partial charge on any atom is 0.311 e. The van der Waals surface area contributed by atoms with Crippen molar-refractivity contribution < 1.29 is 19.1 Å². The molecule has 2 unspecified atom stereocenters. The van der Waals surface area contributed by atoms with Crippen LogP contribution >= 0.6 is 0 Å². The molecule has 0 radical (unpaired) electrons. The molecule has 0 saturated heterocycles. The Morgan fingerprint density at radius 3 is 2.58 bits per heavy atom. The van der Waals surface area contributed by atoms with E-state index >= 15 is 0 Å². The van der Waals surface area contributed by atoms with Gasteiger partial charge < -0.3 is 4.74 Å². The van der Waals surface area contributed by atoms with E-state index in [4.69, 9.17) is 4.74 Å². The SMILES string of the molecule is C=C1CCC2[C@](C)(CCC[C@]2(C)C(=O)OC)C1Cc1c(C)ccc2c1C(=O)C=CC2=O. The number of ether oxygens (including phenoxy) is 1. The van der Waals surface area contributed by atoms with E-state index in [1.165, 1.54) is 24.8 Å². The summed E-state index contributed by atoms with van der Waals surface area (Å²) in [5.74, 6) is 0.0231. The quantitative estimate of drug-likeness (QED) is 0.484. The molecular formula is C27H32O4. The van der Waals surface area contributed by atoms with Gasteiger partial charge in [0.1, 0.15) is 0 Å². The third kappa shape index (κ3) is 3.22. The number of benzene rings is 1. The molecule has 4 atom stereocenters. The molecule has 4 rings (SSSR count). The van der Waals surface area contributed by atoms with Gasteiger partial charge in [-0.15, -0.1) is 0 Å². The molecule has 1 aromatic rings. The van der Waals surface area contributed by atoms with Crippen LogP contribution in [-0.2, 0) is 16.0 Å². The fraction of sp³-hybridized carbons (Fsp3) is 0.519. The number of hydrogen-bond donors (Lipinski definition) is 0. The molecule has 2 saturated carbocycles. The summed E-state index contributed by atoms with van der Waals surface area (Å²) < 4.78 is 5.24. The molecule has 0 amide bonds. The van der Waals surface area contributed by atoms with Gasteiger partial charge in [-0.25, -0.2) is 0 Å². The predicted molar refractivity (Wildman–Crippen MR) is 120 cm³/mol. The monoisotopic (exact) mass is 420 g/mol. The lowest BCUT2D eigenvalue weighted by Gasteiger charge is -2.57. The zero-order chi connectivity index (χ0) is 22.6. The van der Waals surface area contributed by atoms with Gasteiger partial charge in [0, 0.05) is 11.1 Å². The highest BCUT2D eigenvalue weighted by molar-refractivity contribution is 6.22. The Bertz CT molecular complexity index is 1020. The minimum atomic E-state index is -0.500. The highest BCUT2D eigenvalue weighted by atomic mass is 16.5. The third-order valence-electron chi connectivity index (χ3n) is 8.52. The zero-order valence-corrected chi connectivity index (χ0v) is 19.0. The first kappa shape index (κ1) is 21.7. The summed E-state index contributed by atoms with van der Waals surface area (Å²) in [5, 5.41) is 0. The van der Waals surface area contributed by atoms with E-state index in [0.29, 0.717) is 17.5 Å². The molecule has 0 aliphatic heterocycles. The summed E-state index contributed by atoms with van der Waals surface area (Å²) in [6.45, 7) is 10.8. The molecule has 3 aliphatic carbocycles. The summed E-state index contributed by atoms with van der Waals surface area (Å²) in [6.07, 6.45) is 8.07. The Morgan fingerprint density at radius 1 is 1.16 bits per heavy atom. The number of hydrogen-bond acceptors (Lipinski definition) is 4. The van der Waals surface area contributed by atoms with E-state index < -0.39 is 5.41 Å². The lowest BCUT2D eigenvalue weighted by atomic mass is 9.46. The van der Waals surface area contributed by atoms with E-state index in [2.05, 4.69) is 20.4 Å². The number of carbonyl (C=O) groups is 3. The number of esters is 1. The average molecular weight is 421 g/mol. The minimum absolute atomic E-state index is 0.0977. The Labute approximate surface area is 184 Å². The van der Waals surface area contributed by atoms with Crippen molar-refractivity contribution in [3.05, 3.63) is 58.7 Å². The van der Waals surface area contributed by atoms with Gasteiger partial charge in [0.25, 0.3) is 0 Å². The number of ketones is 2. The number of fused-ring (bicyclic) bond motifs is 2. The van der Waals surface area contributed by atoms with Crippen LogP contribution in [0.15, 0.2) is 36.4 Å². The van der Waals surface area contributed by atoms with Crippen LogP contribution in [0.3, 0.4) is 0 Å². The topological polar surface area (TPSA) is 60.4 Å². The van der Waals surface area contributed by atoms with Crippen LogP contribution in [0.4, 0.5) is 0 Å². The lowest BCUT2D eigenvalue weighted by molar-refractivity contribution is -0.167. The summed E-state index contributed by atoms with van der Waals surface area (Å²) in [6, 6.07) is 3.72. The molecule has 164 valence electrons.